The van der Waals surface area contributed by atoms with Crippen molar-refractivity contribution in [1.29, 1.82) is 5.26 Å². The number of anilines is 1. The number of piperazine rings is 1. The zero-order valence-corrected chi connectivity index (χ0v) is 17.0. The van der Waals surface area contributed by atoms with E-state index < -0.39 is 5.60 Å². The fourth-order valence-corrected chi connectivity index (χ4v) is 2.73. The van der Waals surface area contributed by atoms with Gasteiger partial charge >= 0.3 is 6.09 Å². The molecule has 1 aromatic rings. The summed E-state index contributed by atoms with van der Waals surface area (Å²) in [5, 5.41) is 9.32. The molecule has 7 heteroatoms. The maximum Gasteiger partial charge on any atom is 0.410 e. The van der Waals surface area contributed by atoms with Crippen LogP contribution < -0.4 is 9.64 Å². The van der Waals surface area contributed by atoms with E-state index in [-0.39, 0.29) is 6.09 Å². The molecule has 0 radical (unpaired) electrons. The Labute approximate surface area is 162 Å². The predicted octanol–water partition coefficient (Wildman–Crippen LogP) is 2.56. The van der Waals surface area contributed by atoms with Crippen molar-refractivity contribution < 1.29 is 14.3 Å². The van der Waals surface area contributed by atoms with Crippen molar-refractivity contribution in [2.24, 2.45) is 0 Å². The number of nitrogens with zero attached hydrogens (tertiary/aromatic N) is 4. The Balaban J connectivity index is 2.00. The number of benzene rings is 1. The Morgan fingerprint density at radius 1 is 1.19 bits per heavy atom. The summed E-state index contributed by atoms with van der Waals surface area (Å²) in [7, 11) is 3.98. The molecule has 0 spiro atoms. The molecular weight excluding hydrogens is 344 g/mol. The molecule has 1 fully saturated rings. The van der Waals surface area contributed by atoms with E-state index in [4.69, 9.17) is 9.47 Å². The normalized spacial score (nSPS) is 14.9. The average Bonchev–Trinajstić information content (AvgIpc) is 2.60. The molecule has 1 amide bonds. The van der Waals surface area contributed by atoms with Gasteiger partial charge in [-0.3, -0.25) is 0 Å². The molecule has 0 aromatic heterocycles. The molecule has 0 saturated carbocycles. The lowest BCUT2D eigenvalue weighted by atomic mass is 10.1. The predicted molar refractivity (Wildman–Crippen MR) is 105 cm³/mol. The van der Waals surface area contributed by atoms with Gasteiger partial charge in [-0.05, 0) is 47.0 Å². The number of carbonyl (C=O) groups is 1. The molecule has 0 atom stereocenters. The SMILES string of the molecule is CN(C)CCOc1cc(C#N)cc(N2CCN(C(=O)OC(C)(C)C)CC2)c1. The third-order valence-corrected chi connectivity index (χ3v) is 4.12. The van der Waals surface area contributed by atoms with E-state index in [1.54, 1.807) is 11.0 Å². The van der Waals surface area contributed by atoms with Crippen molar-refractivity contribution in [2.75, 3.05) is 58.3 Å². The minimum Gasteiger partial charge on any atom is -0.492 e. The van der Waals surface area contributed by atoms with Crippen LogP contribution in [0.2, 0.25) is 0 Å². The highest BCUT2D eigenvalue weighted by atomic mass is 16.6. The molecular formula is C20H30N4O3. The monoisotopic (exact) mass is 374 g/mol. The smallest absolute Gasteiger partial charge is 0.410 e. The fraction of sp³-hybridized carbons (Fsp3) is 0.600. The highest BCUT2D eigenvalue weighted by Crippen LogP contribution is 2.25. The van der Waals surface area contributed by atoms with Crippen LogP contribution in [-0.2, 0) is 4.74 Å². The Morgan fingerprint density at radius 3 is 2.41 bits per heavy atom. The van der Waals surface area contributed by atoms with Crippen LogP contribution in [0, 0.1) is 11.3 Å². The van der Waals surface area contributed by atoms with Crippen LogP contribution in [0.4, 0.5) is 10.5 Å². The van der Waals surface area contributed by atoms with Gasteiger partial charge in [-0.1, -0.05) is 0 Å². The lowest BCUT2D eigenvalue weighted by Crippen LogP contribution is -2.50. The van der Waals surface area contributed by atoms with Gasteiger partial charge in [0.25, 0.3) is 0 Å². The number of hydrogen-bond acceptors (Lipinski definition) is 6. The lowest BCUT2D eigenvalue weighted by molar-refractivity contribution is 0.0240. The summed E-state index contributed by atoms with van der Waals surface area (Å²) in [6, 6.07) is 7.78. The zero-order chi connectivity index (χ0) is 20.0. The van der Waals surface area contributed by atoms with Crippen molar-refractivity contribution in [3.05, 3.63) is 23.8 Å². The minimum atomic E-state index is -0.492. The van der Waals surface area contributed by atoms with Gasteiger partial charge in [0.1, 0.15) is 18.0 Å². The molecule has 0 bridgehead atoms. The van der Waals surface area contributed by atoms with Gasteiger partial charge in [-0.25, -0.2) is 4.79 Å². The van der Waals surface area contributed by atoms with Crippen molar-refractivity contribution in [3.8, 4) is 11.8 Å². The summed E-state index contributed by atoms with van der Waals surface area (Å²) in [5.41, 5.74) is 1.02. The average molecular weight is 374 g/mol. The van der Waals surface area contributed by atoms with E-state index in [1.165, 1.54) is 0 Å². The van der Waals surface area contributed by atoms with E-state index in [0.717, 1.165) is 12.2 Å². The van der Waals surface area contributed by atoms with Crippen LogP contribution in [0.3, 0.4) is 0 Å². The van der Waals surface area contributed by atoms with Gasteiger partial charge in [0.15, 0.2) is 0 Å². The minimum absolute atomic E-state index is 0.277. The Morgan fingerprint density at radius 2 is 1.85 bits per heavy atom. The molecule has 27 heavy (non-hydrogen) atoms. The highest BCUT2D eigenvalue weighted by molar-refractivity contribution is 5.68. The molecule has 1 saturated heterocycles. The maximum atomic E-state index is 12.2. The molecule has 0 unspecified atom stereocenters. The number of nitriles is 1. The van der Waals surface area contributed by atoms with Gasteiger partial charge in [0.2, 0.25) is 0 Å². The first kappa shape index (κ1) is 20.8. The van der Waals surface area contributed by atoms with Crippen LogP contribution in [0.15, 0.2) is 18.2 Å². The van der Waals surface area contributed by atoms with Gasteiger partial charge in [0.05, 0.1) is 11.6 Å². The molecule has 2 rings (SSSR count). The Hall–Kier alpha value is -2.46. The summed E-state index contributed by atoms with van der Waals surface area (Å²) in [5.74, 6) is 0.695. The maximum absolute atomic E-state index is 12.2. The molecule has 1 heterocycles. The number of carbonyl (C=O) groups excluding carboxylic acids is 1. The van der Waals surface area contributed by atoms with Crippen LogP contribution in [0.5, 0.6) is 5.75 Å². The van der Waals surface area contributed by atoms with Crippen LogP contribution >= 0.6 is 0 Å². The second kappa shape index (κ2) is 8.96. The number of hydrogen-bond donors (Lipinski definition) is 0. The Kier molecular flexibility index (Phi) is 6.92. The van der Waals surface area contributed by atoms with E-state index in [1.807, 2.05) is 51.9 Å². The van der Waals surface area contributed by atoms with E-state index >= 15 is 0 Å². The molecule has 7 nitrogen and oxygen atoms in total. The van der Waals surface area contributed by atoms with Gasteiger partial charge in [-0.2, -0.15) is 5.26 Å². The molecule has 1 aromatic carbocycles. The lowest BCUT2D eigenvalue weighted by Gasteiger charge is -2.36. The van der Waals surface area contributed by atoms with Crippen molar-refractivity contribution >= 4 is 11.8 Å². The van der Waals surface area contributed by atoms with E-state index in [0.29, 0.717) is 44.1 Å². The number of amides is 1. The van der Waals surface area contributed by atoms with Crippen LogP contribution in [-0.4, -0.2) is 74.9 Å². The molecule has 148 valence electrons. The molecule has 1 aliphatic heterocycles. The van der Waals surface area contributed by atoms with Crippen molar-refractivity contribution in [1.82, 2.24) is 9.80 Å². The largest absolute Gasteiger partial charge is 0.492 e. The molecule has 0 aliphatic carbocycles. The first-order valence-electron chi connectivity index (χ1n) is 9.23. The summed E-state index contributed by atoms with van der Waals surface area (Å²) < 4.78 is 11.2. The Bertz CT molecular complexity index is 683. The van der Waals surface area contributed by atoms with Crippen LogP contribution in [0.1, 0.15) is 26.3 Å². The van der Waals surface area contributed by atoms with Gasteiger partial charge in [-0.15, -0.1) is 0 Å². The molecule has 1 aliphatic rings. The summed E-state index contributed by atoms with van der Waals surface area (Å²) in [4.78, 5) is 18.1. The summed E-state index contributed by atoms with van der Waals surface area (Å²) in [6.45, 7) is 9.51. The third-order valence-electron chi connectivity index (χ3n) is 4.12. The second-order valence-electron chi connectivity index (χ2n) is 7.93. The standard InChI is InChI=1S/C20H30N4O3/c1-20(2,3)27-19(25)24-8-6-23(7-9-24)17-12-16(15-21)13-18(14-17)26-11-10-22(4)5/h12-14H,6-11H2,1-5H3. The van der Waals surface area contributed by atoms with E-state index in [2.05, 4.69) is 11.0 Å². The number of ether oxygens (including phenoxy) is 2. The fourth-order valence-electron chi connectivity index (χ4n) is 2.73. The summed E-state index contributed by atoms with van der Waals surface area (Å²) in [6.07, 6.45) is -0.277. The van der Waals surface area contributed by atoms with Gasteiger partial charge < -0.3 is 24.2 Å². The third kappa shape index (κ3) is 6.65. The number of likely N-dealkylation sites (N-methyl/N-ethyl adjacent to an activating group) is 1. The highest BCUT2D eigenvalue weighted by Gasteiger charge is 2.26. The topological polar surface area (TPSA) is 69.0 Å². The molecule has 0 N–H and O–H groups in total. The van der Waals surface area contributed by atoms with Gasteiger partial charge in [0, 0.05) is 44.5 Å². The van der Waals surface area contributed by atoms with E-state index in [9.17, 15) is 10.1 Å². The van der Waals surface area contributed by atoms with Crippen LogP contribution in [0.25, 0.3) is 0 Å². The first-order chi connectivity index (χ1) is 12.7. The first-order valence-corrected chi connectivity index (χ1v) is 9.23. The second-order valence-corrected chi connectivity index (χ2v) is 7.93. The quantitative estimate of drug-likeness (QED) is 0.789. The zero-order valence-electron chi connectivity index (χ0n) is 17.0. The van der Waals surface area contributed by atoms with Crippen molar-refractivity contribution in [2.45, 2.75) is 26.4 Å². The summed E-state index contributed by atoms with van der Waals surface area (Å²) >= 11 is 0. The number of rotatable bonds is 5. The van der Waals surface area contributed by atoms with Crippen molar-refractivity contribution in [3.63, 3.8) is 0 Å².